The number of hydrogen-bond donors (Lipinski definition) is 0. The second-order valence-electron chi connectivity index (χ2n) is 6.53. The quantitative estimate of drug-likeness (QED) is 0.754. The number of Topliss-reactive ketones (excluding diaryl/α,β-unsaturated/α-hetero) is 1. The molecule has 0 unspecified atom stereocenters. The van der Waals surface area contributed by atoms with Crippen LogP contribution in [-0.4, -0.2) is 42.1 Å². The summed E-state index contributed by atoms with van der Waals surface area (Å²) in [6, 6.07) is 7.19. The molecule has 0 saturated carbocycles. The SMILES string of the molecule is CCCCC(=O)N1CCN(c2cccc(C(=O)C(C)C)c2)C(=O)C1. The maximum absolute atomic E-state index is 12.4. The van der Waals surface area contributed by atoms with Gasteiger partial charge in [0.1, 0.15) is 6.54 Å². The average Bonchev–Trinajstić information content (AvgIpc) is 2.58. The van der Waals surface area contributed by atoms with Crippen molar-refractivity contribution in [3.63, 3.8) is 0 Å². The Hall–Kier alpha value is -2.17. The molecule has 1 aromatic rings. The third kappa shape index (κ3) is 4.22. The van der Waals surface area contributed by atoms with Gasteiger partial charge in [0.25, 0.3) is 0 Å². The minimum absolute atomic E-state index is 0.0496. The molecule has 2 amide bonds. The van der Waals surface area contributed by atoms with Crippen LogP contribution in [0, 0.1) is 5.92 Å². The molecule has 0 N–H and O–H groups in total. The fraction of sp³-hybridized carbons (Fsp3) is 0.526. The summed E-state index contributed by atoms with van der Waals surface area (Å²) in [7, 11) is 0. The Kier molecular flexibility index (Phi) is 6.12. The number of unbranched alkanes of at least 4 members (excludes halogenated alkanes) is 1. The molecule has 0 aliphatic carbocycles. The number of carbonyl (C=O) groups excluding carboxylic acids is 3. The monoisotopic (exact) mass is 330 g/mol. The van der Waals surface area contributed by atoms with Gasteiger partial charge >= 0.3 is 0 Å². The van der Waals surface area contributed by atoms with E-state index in [1.165, 1.54) is 0 Å². The first-order valence-corrected chi connectivity index (χ1v) is 8.66. The molecule has 1 saturated heterocycles. The van der Waals surface area contributed by atoms with E-state index in [0.717, 1.165) is 18.5 Å². The van der Waals surface area contributed by atoms with E-state index >= 15 is 0 Å². The smallest absolute Gasteiger partial charge is 0.246 e. The highest BCUT2D eigenvalue weighted by atomic mass is 16.2. The number of amides is 2. The van der Waals surface area contributed by atoms with Gasteiger partial charge < -0.3 is 9.80 Å². The minimum Gasteiger partial charge on any atom is -0.332 e. The molecule has 24 heavy (non-hydrogen) atoms. The molecule has 130 valence electrons. The largest absolute Gasteiger partial charge is 0.332 e. The number of ketones is 1. The zero-order valence-corrected chi connectivity index (χ0v) is 14.7. The third-order valence-corrected chi connectivity index (χ3v) is 4.28. The number of piperazine rings is 1. The van der Waals surface area contributed by atoms with Crippen molar-refractivity contribution in [3.05, 3.63) is 29.8 Å². The molecule has 0 bridgehead atoms. The second kappa shape index (κ2) is 8.08. The van der Waals surface area contributed by atoms with Crippen LogP contribution >= 0.6 is 0 Å². The van der Waals surface area contributed by atoms with E-state index in [1.807, 2.05) is 26.8 Å². The first-order valence-electron chi connectivity index (χ1n) is 8.66. The molecule has 5 nitrogen and oxygen atoms in total. The van der Waals surface area contributed by atoms with Crippen LogP contribution in [0.2, 0.25) is 0 Å². The highest BCUT2D eigenvalue weighted by molar-refractivity contribution is 6.01. The molecule has 1 aromatic carbocycles. The van der Waals surface area contributed by atoms with Gasteiger partial charge in [0, 0.05) is 36.7 Å². The lowest BCUT2D eigenvalue weighted by Gasteiger charge is -2.34. The van der Waals surface area contributed by atoms with Crippen molar-refractivity contribution in [1.29, 1.82) is 0 Å². The number of anilines is 1. The van der Waals surface area contributed by atoms with Gasteiger partial charge in [-0.2, -0.15) is 0 Å². The Morgan fingerprint density at radius 3 is 2.58 bits per heavy atom. The lowest BCUT2D eigenvalue weighted by molar-refractivity contribution is -0.136. The number of carbonyl (C=O) groups is 3. The highest BCUT2D eigenvalue weighted by Gasteiger charge is 2.28. The third-order valence-electron chi connectivity index (χ3n) is 4.28. The Morgan fingerprint density at radius 1 is 1.21 bits per heavy atom. The maximum Gasteiger partial charge on any atom is 0.246 e. The van der Waals surface area contributed by atoms with E-state index in [9.17, 15) is 14.4 Å². The van der Waals surface area contributed by atoms with Crippen LogP contribution in [0.1, 0.15) is 50.4 Å². The molecule has 5 heteroatoms. The first-order chi connectivity index (χ1) is 11.4. The minimum atomic E-state index is -0.0970. The van der Waals surface area contributed by atoms with Crippen molar-refractivity contribution >= 4 is 23.3 Å². The molecule has 1 aliphatic rings. The maximum atomic E-state index is 12.4. The molecular weight excluding hydrogens is 304 g/mol. The van der Waals surface area contributed by atoms with Crippen LogP contribution in [0.15, 0.2) is 24.3 Å². The molecule has 0 aromatic heterocycles. The van der Waals surface area contributed by atoms with Gasteiger partial charge in [0.2, 0.25) is 11.8 Å². The van der Waals surface area contributed by atoms with E-state index in [-0.39, 0.29) is 30.1 Å². The molecule has 0 atom stereocenters. The summed E-state index contributed by atoms with van der Waals surface area (Å²) in [6.45, 7) is 6.89. The number of hydrogen-bond acceptors (Lipinski definition) is 3. The zero-order valence-electron chi connectivity index (χ0n) is 14.7. The lowest BCUT2D eigenvalue weighted by atomic mass is 10.0. The van der Waals surface area contributed by atoms with Crippen molar-refractivity contribution in [2.75, 3.05) is 24.5 Å². The molecule has 0 spiro atoms. The van der Waals surface area contributed by atoms with Gasteiger partial charge in [-0.1, -0.05) is 39.3 Å². The molecule has 2 rings (SSSR count). The zero-order chi connectivity index (χ0) is 17.7. The predicted molar refractivity (Wildman–Crippen MR) is 94.1 cm³/mol. The van der Waals surface area contributed by atoms with Crippen LogP contribution in [-0.2, 0) is 9.59 Å². The first kappa shape index (κ1) is 18.2. The fourth-order valence-electron chi connectivity index (χ4n) is 2.81. The summed E-state index contributed by atoms with van der Waals surface area (Å²) in [4.78, 5) is 40.0. The molecule has 0 radical (unpaired) electrons. The summed E-state index contributed by atoms with van der Waals surface area (Å²) in [5, 5.41) is 0. The lowest BCUT2D eigenvalue weighted by Crippen LogP contribution is -2.52. The molecule has 1 heterocycles. The van der Waals surface area contributed by atoms with E-state index in [2.05, 4.69) is 0 Å². The van der Waals surface area contributed by atoms with Crippen LogP contribution in [0.3, 0.4) is 0 Å². The van der Waals surface area contributed by atoms with Gasteiger partial charge in [-0.25, -0.2) is 0 Å². The van der Waals surface area contributed by atoms with E-state index in [0.29, 0.717) is 25.1 Å². The van der Waals surface area contributed by atoms with Crippen molar-refractivity contribution in [3.8, 4) is 0 Å². The fourth-order valence-corrected chi connectivity index (χ4v) is 2.81. The molecule has 1 fully saturated rings. The summed E-state index contributed by atoms with van der Waals surface area (Å²) in [5.74, 6) is -0.0597. The topological polar surface area (TPSA) is 57.7 Å². The molecular formula is C19H26N2O3. The highest BCUT2D eigenvalue weighted by Crippen LogP contribution is 2.21. The van der Waals surface area contributed by atoms with Gasteiger partial charge in [0.05, 0.1) is 0 Å². The van der Waals surface area contributed by atoms with Gasteiger partial charge in [-0.05, 0) is 18.6 Å². The van der Waals surface area contributed by atoms with Crippen molar-refractivity contribution < 1.29 is 14.4 Å². The number of rotatable bonds is 6. The van der Waals surface area contributed by atoms with Crippen LogP contribution in [0.4, 0.5) is 5.69 Å². The standard InChI is InChI=1S/C19H26N2O3/c1-4-5-9-17(22)20-10-11-21(18(23)13-20)16-8-6-7-15(12-16)19(24)14(2)3/h6-8,12,14H,4-5,9-11,13H2,1-3H3. The summed E-state index contributed by atoms with van der Waals surface area (Å²) < 4.78 is 0. The van der Waals surface area contributed by atoms with E-state index in [1.54, 1.807) is 28.0 Å². The molecule has 1 aliphatic heterocycles. The predicted octanol–water partition coefficient (Wildman–Crippen LogP) is 2.89. The van der Waals surface area contributed by atoms with Crippen LogP contribution in [0.25, 0.3) is 0 Å². The normalized spacial score (nSPS) is 15.1. The van der Waals surface area contributed by atoms with Gasteiger partial charge in [0.15, 0.2) is 5.78 Å². The Labute approximate surface area is 143 Å². The number of nitrogens with zero attached hydrogens (tertiary/aromatic N) is 2. The summed E-state index contributed by atoms with van der Waals surface area (Å²) >= 11 is 0. The Morgan fingerprint density at radius 2 is 1.96 bits per heavy atom. The Balaban J connectivity index is 2.07. The average molecular weight is 330 g/mol. The second-order valence-corrected chi connectivity index (χ2v) is 6.53. The van der Waals surface area contributed by atoms with Crippen molar-refractivity contribution in [2.24, 2.45) is 5.92 Å². The van der Waals surface area contributed by atoms with Crippen molar-refractivity contribution in [2.45, 2.75) is 40.0 Å². The number of benzene rings is 1. The van der Waals surface area contributed by atoms with Gasteiger partial charge in [-0.3, -0.25) is 14.4 Å². The Bertz CT molecular complexity index is 625. The van der Waals surface area contributed by atoms with Crippen LogP contribution in [0.5, 0.6) is 0 Å². The summed E-state index contributed by atoms with van der Waals surface area (Å²) in [6.07, 6.45) is 2.32. The van der Waals surface area contributed by atoms with Crippen LogP contribution < -0.4 is 4.90 Å². The van der Waals surface area contributed by atoms with Gasteiger partial charge in [-0.15, -0.1) is 0 Å². The van der Waals surface area contributed by atoms with E-state index in [4.69, 9.17) is 0 Å². The van der Waals surface area contributed by atoms with E-state index < -0.39 is 0 Å². The van der Waals surface area contributed by atoms with Crippen molar-refractivity contribution in [1.82, 2.24) is 4.90 Å². The summed E-state index contributed by atoms with van der Waals surface area (Å²) in [5.41, 5.74) is 1.35.